The van der Waals surface area contributed by atoms with Crippen molar-refractivity contribution in [2.75, 3.05) is 31.1 Å². The van der Waals surface area contributed by atoms with Gasteiger partial charge in [-0.3, -0.25) is 14.5 Å². The predicted octanol–water partition coefficient (Wildman–Crippen LogP) is 4.98. The number of nitriles is 1. The maximum absolute atomic E-state index is 14.4. The first-order chi connectivity index (χ1) is 20.9. The first kappa shape index (κ1) is 29.8. The van der Waals surface area contributed by atoms with Gasteiger partial charge in [0.2, 0.25) is 5.91 Å². The minimum Gasteiger partial charge on any atom is -0.489 e. The summed E-state index contributed by atoms with van der Waals surface area (Å²) < 4.78 is 20.6. The summed E-state index contributed by atoms with van der Waals surface area (Å²) in [5.74, 6) is 0.199. The van der Waals surface area contributed by atoms with Crippen molar-refractivity contribution in [2.24, 2.45) is 0 Å². The van der Waals surface area contributed by atoms with Gasteiger partial charge in [0.05, 0.1) is 23.9 Å². The molecule has 0 spiro atoms. The second-order valence-corrected chi connectivity index (χ2v) is 11.0. The molecule has 222 valence electrons. The summed E-state index contributed by atoms with van der Waals surface area (Å²) in [6.07, 6.45) is 2.25. The van der Waals surface area contributed by atoms with Crippen LogP contribution in [0.2, 0.25) is 0 Å². The summed E-state index contributed by atoms with van der Waals surface area (Å²) >= 11 is 0. The number of carbonyl (C=O) groups excluding carboxylic acids is 2. The predicted molar refractivity (Wildman–Crippen MR) is 163 cm³/mol. The molecule has 1 N–H and O–H groups in total. The molecule has 0 saturated carbocycles. The maximum Gasteiger partial charge on any atom is 0.254 e. The first-order valence-corrected chi connectivity index (χ1v) is 14.6. The lowest BCUT2D eigenvalue weighted by Gasteiger charge is -2.36. The smallest absolute Gasteiger partial charge is 0.254 e. The Morgan fingerprint density at radius 1 is 1.12 bits per heavy atom. The molecule has 1 fully saturated rings. The summed E-state index contributed by atoms with van der Waals surface area (Å²) in [7, 11) is 0. The average Bonchev–Trinajstić information content (AvgIpc) is 3.37. The number of halogens is 1. The van der Waals surface area contributed by atoms with E-state index in [1.807, 2.05) is 36.1 Å². The van der Waals surface area contributed by atoms with Crippen LogP contribution in [0.4, 0.5) is 10.1 Å². The SMILES string of the molecule is C=CNC(=O)CCC(C)N1Cc2c(OCc3ccc(CN4CCN(c5ccc(C#N)cc5F)CC4)cc3)cccc2C1=O. The summed E-state index contributed by atoms with van der Waals surface area (Å²) in [6.45, 7) is 10.2. The summed E-state index contributed by atoms with van der Waals surface area (Å²) in [5, 5.41) is 11.6. The van der Waals surface area contributed by atoms with Crippen molar-refractivity contribution >= 4 is 17.5 Å². The molecular formula is C34H36FN5O3. The van der Waals surface area contributed by atoms with E-state index in [4.69, 9.17) is 10.00 Å². The normalized spacial score (nSPS) is 15.5. The fourth-order valence-corrected chi connectivity index (χ4v) is 5.64. The second-order valence-electron chi connectivity index (χ2n) is 11.0. The molecule has 0 aromatic heterocycles. The molecule has 1 unspecified atom stereocenters. The zero-order valence-corrected chi connectivity index (χ0v) is 24.4. The van der Waals surface area contributed by atoms with Gasteiger partial charge in [-0.1, -0.05) is 36.9 Å². The highest BCUT2D eigenvalue weighted by Gasteiger charge is 2.33. The third-order valence-corrected chi connectivity index (χ3v) is 8.15. The van der Waals surface area contributed by atoms with Crippen molar-refractivity contribution < 1.29 is 18.7 Å². The molecule has 2 aliphatic rings. The number of nitrogens with one attached hydrogen (secondary N) is 1. The van der Waals surface area contributed by atoms with Crippen LogP contribution in [0.25, 0.3) is 0 Å². The van der Waals surface area contributed by atoms with Gasteiger partial charge in [-0.2, -0.15) is 5.26 Å². The van der Waals surface area contributed by atoms with Crippen LogP contribution in [0.5, 0.6) is 5.75 Å². The third-order valence-electron chi connectivity index (χ3n) is 8.15. The van der Waals surface area contributed by atoms with Crippen LogP contribution in [0, 0.1) is 17.1 Å². The number of hydrogen-bond acceptors (Lipinski definition) is 6. The van der Waals surface area contributed by atoms with Crippen LogP contribution in [0.1, 0.15) is 52.4 Å². The molecule has 2 aliphatic heterocycles. The van der Waals surface area contributed by atoms with E-state index in [1.54, 1.807) is 17.0 Å². The first-order valence-electron chi connectivity index (χ1n) is 14.6. The molecule has 1 saturated heterocycles. The summed E-state index contributed by atoms with van der Waals surface area (Å²) in [4.78, 5) is 31.1. The monoisotopic (exact) mass is 581 g/mol. The van der Waals surface area contributed by atoms with E-state index >= 15 is 0 Å². The number of amides is 2. The highest BCUT2D eigenvalue weighted by atomic mass is 19.1. The van der Waals surface area contributed by atoms with Crippen molar-refractivity contribution in [1.29, 1.82) is 5.26 Å². The largest absolute Gasteiger partial charge is 0.489 e. The Morgan fingerprint density at radius 3 is 2.56 bits per heavy atom. The molecule has 43 heavy (non-hydrogen) atoms. The van der Waals surface area contributed by atoms with E-state index in [9.17, 15) is 14.0 Å². The Morgan fingerprint density at radius 2 is 1.86 bits per heavy atom. The summed E-state index contributed by atoms with van der Waals surface area (Å²) in [5.41, 5.74) is 4.64. The lowest BCUT2D eigenvalue weighted by atomic mass is 10.1. The van der Waals surface area contributed by atoms with Gasteiger partial charge < -0.3 is 19.9 Å². The van der Waals surface area contributed by atoms with Gasteiger partial charge in [0, 0.05) is 56.3 Å². The highest BCUT2D eigenvalue weighted by molar-refractivity contribution is 5.99. The molecule has 0 aliphatic carbocycles. The Bertz CT molecular complexity index is 1530. The number of ether oxygens (including phenoxy) is 1. The third kappa shape index (κ3) is 7.04. The quantitative estimate of drug-likeness (QED) is 0.344. The van der Waals surface area contributed by atoms with Crippen molar-refractivity contribution in [3.05, 3.63) is 107 Å². The van der Waals surface area contributed by atoms with E-state index in [1.165, 1.54) is 17.8 Å². The highest BCUT2D eigenvalue weighted by Crippen LogP contribution is 2.33. The zero-order chi connectivity index (χ0) is 30.3. The maximum atomic E-state index is 14.4. The van der Waals surface area contributed by atoms with Crippen molar-refractivity contribution in [3.63, 3.8) is 0 Å². The molecule has 0 bridgehead atoms. The van der Waals surface area contributed by atoms with Gasteiger partial charge in [-0.25, -0.2) is 4.39 Å². The lowest BCUT2D eigenvalue weighted by Crippen LogP contribution is -2.46. The number of anilines is 1. The van der Waals surface area contributed by atoms with Crippen LogP contribution >= 0.6 is 0 Å². The van der Waals surface area contributed by atoms with E-state index in [2.05, 4.69) is 41.1 Å². The summed E-state index contributed by atoms with van der Waals surface area (Å²) in [6, 6.07) is 20.5. The van der Waals surface area contributed by atoms with Crippen molar-refractivity contribution in [1.82, 2.24) is 15.1 Å². The minimum atomic E-state index is -0.352. The number of carbonyl (C=O) groups is 2. The van der Waals surface area contributed by atoms with Crippen LogP contribution in [-0.4, -0.2) is 53.8 Å². The molecule has 9 heteroatoms. The van der Waals surface area contributed by atoms with Gasteiger partial charge in [0.15, 0.2) is 0 Å². The zero-order valence-electron chi connectivity index (χ0n) is 24.4. The average molecular weight is 582 g/mol. The van der Waals surface area contributed by atoms with Crippen LogP contribution < -0.4 is 15.0 Å². The number of fused-ring (bicyclic) bond motifs is 1. The van der Waals surface area contributed by atoms with Crippen molar-refractivity contribution in [3.8, 4) is 11.8 Å². The second kappa shape index (κ2) is 13.5. The fourth-order valence-electron chi connectivity index (χ4n) is 5.64. The van der Waals surface area contributed by atoms with Crippen molar-refractivity contribution in [2.45, 2.75) is 45.5 Å². The Labute approximate surface area is 252 Å². The van der Waals surface area contributed by atoms with Gasteiger partial charge >= 0.3 is 0 Å². The molecule has 3 aromatic rings. The Hall–Kier alpha value is -4.68. The number of piperazine rings is 1. The van der Waals surface area contributed by atoms with E-state index in [0.717, 1.165) is 43.9 Å². The van der Waals surface area contributed by atoms with Gasteiger partial charge in [-0.15, -0.1) is 0 Å². The molecule has 8 nitrogen and oxygen atoms in total. The number of hydrogen-bond donors (Lipinski definition) is 1. The van der Waals surface area contributed by atoms with Crippen LogP contribution in [-0.2, 0) is 24.5 Å². The molecule has 2 amide bonds. The standard InChI is InChI=1S/C34H36FN5O3/c1-3-37-33(41)14-7-24(2)40-22-29-28(34(40)42)5-4-6-32(29)43-23-26-10-8-25(9-11-26)21-38-15-17-39(18-16-38)31-13-12-27(20-36)19-30(31)35/h3-6,8-13,19,24H,1,7,14-18,21-23H2,2H3,(H,37,41). The minimum absolute atomic E-state index is 0.0377. The van der Waals surface area contributed by atoms with Gasteiger partial charge in [-0.05, 0) is 61.0 Å². The Balaban J connectivity index is 1.12. The lowest BCUT2D eigenvalue weighted by molar-refractivity contribution is -0.120. The topological polar surface area (TPSA) is 88.9 Å². The van der Waals surface area contributed by atoms with E-state index < -0.39 is 0 Å². The molecule has 5 rings (SSSR count). The Kier molecular flexibility index (Phi) is 9.38. The molecule has 0 radical (unpaired) electrons. The molecule has 1 atom stereocenters. The van der Waals surface area contributed by atoms with E-state index in [-0.39, 0.29) is 23.7 Å². The number of rotatable bonds is 11. The number of benzene rings is 3. The van der Waals surface area contributed by atoms with Crippen LogP contribution in [0.3, 0.4) is 0 Å². The fraction of sp³-hybridized carbons (Fsp3) is 0.324. The van der Waals surface area contributed by atoms with E-state index in [0.29, 0.717) is 48.6 Å². The molecular weight excluding hydrogens is 545 g/mol. The molecule has 2 heterocycles. The van der Waals surface area contributed by atoms with Crippen LogP contribution in [0.15, 0.2) is 73.4 Å². The van der Waals surface area contributed by atoms with Gasteiger partial charge in [0.1, 0.15) is 18.2 Å². The molecule has 3 aromatic carbocycles. The van der Waals surface area contributed by atoms with Gasteiger partial charge in [0.25, 0.3) is 5.91 Å². The number of nitrogens with zero attached hydrogens (tertiary/aromatic N) is 4.